The molecule has 0 spiro atoms. The van der Waals surface area contributed by atoms with Crippen LogP contribution in [0.5, 0.6) is 0 Å². The van der Waals surface area contributed by atoms with Crippen LogP contribution in [-0.4, -0.2) is 76.0 Å². The third-order valence-corrected chi connectivity index (χ3v) is 11.1. The molecule has 3 amide bonds. The van der Waals surface area contributed by atoms with Crippen molar-refractivity contribution in [2.24, 2.45) is 0 Å². The molecule has 2 aliphatic heterocycles. The number of ether oxygens (including phenoxy) is 1. The average molecular weight is 550 g/mol. The van der Waals surface area contributed by atoms with Crippen LogP contribution in [0.3, 0.4) is 0 Å². The lowest BCUT2D eigenvalue weighted by molar-refractivity contribution is 0.0697. The maximum absolute atomic E-state index is 13.7. The number of amides is 3. The second-order valence-electron chi connectivity index (χ2n) is 10.2. The van der Waals surface area contributed by atoms with E-state index in [1.165, 1.54) is 11.1 Å². The number of carbonyl (C=O) groups excluding carboxylic acids is 3. The van der Waals surface area contributed by atoms with Crippen LogP contribution >= 0.6 is 11.6 Å². The van der Waals surface area contributed by atoms with Gasteiger partial charge < -0.3 is 24.8 Å². The van der Waals surface area contributed by atoms with Crippen LogP contribution in [-0.2, 0) is 27.7 Å². The Hall–Kier alpha value is -3.12. The Balaban J connectivity index is 1.28. The zero-order valence-corrected chi connectivity index (χ0v) is 22.1. The Morgan fingerprint density at radius 1 is 1.24 bits per heavy atom. The molecule has 1 saturated carbocycles. The Labute approximate surface area is 219 Å². The summed E-state index contributed by atoms with van der Waals surface area (Å²) in [6, 6.07) is 7.08. The van der Waals surface area contributed by atoms with E-state index in [1.807, 2.05) is 0 Å². The second-order valence-corrected chi connectivity index (χ2v) is 13.6. The van der Waals surface area contributed by atoms with Crippen LogP contribution in [0, 0.1) is 0 Å². The number of fused-ring (bicyclic) bond motifs is 1. The number of alkyl carbamates (subject to hydrolysis) is 1. The molecule has 37 heavy (non-hydrogen) atoms. The highest BCUT2D eigenvalue weighted by molar-refractivity contribution is 7.94. The van der Waals surface area contributed by atoms with Crippen molar-refractivity contribution in [2.75, 3.05) is 19.6 Å². The summed E-state index contributed by atoms with van der Waals surface area (Å²) in [6.45, 7) is 4.12. The zero-order chi connectivity index (χ0) is 26.6. The fraction of sp³-hybridized carbons (Fsp3) is 0.500. The van der Waals surface area contributed by atoms with Crippen molar-refractivity contribution >= 4 is 39.3 Å². The first-order valence-electron chi connectivity index (χ1n) is 12.0. The van der Waals surface area contributed by atoms with Crippen molar-refractivity contribution in [2.45, 2.75) is 55.4 Å². The summed E-state index contributed by atoms with van der Waals surface area (Å²) in [4.78, 5) is 43.3. The molecule has 198 valence electrons. The summed E-state index contributed by atoms with van der Waals surface area (Å²) < 4.78 is 31.8. The van der Waals surface area contributed by atoms with Crippen molar-refractivity contribution in [3.05, 3.63) is 52.6 Å². The summed E-state index contributed by atoms with van der Waals surface area (Å²) >= 11 is 5.90. The molecule has 0 radical (unpaired) electrons. The number of imidazole rings is 1. The normalized spacial score (nSPS) is 20.7. The van der Waals surface area contributed by atoms with E-state index in [9.17, 15) is 22.8 Å². The van der Waals surface area contributed by atoms with Gasteiger partial charge >= 0.3 is 6.09 Å². The summed E-state index contributed by atoms with van der Waals surface area (Å²) in [5, 5.41) is 5.91. The molecule has 2 N–H and O–H groups in total. The van der Waals surface area contributed by atoms with E-state index in [0.29, 0.717) is 24.4 Å². The monoisotopic (exact) mass is 549 g/mol. The van der Waals surface area contributed by atoms with E-state index in [1.54, 1.807) is 42.7 Å². The highest BCUT2D eigenvalue weighted by Crippen LogP contribution is 2.50. The first-order chi connectivity index (χ1) is 17.4. The molecule has 3 aliphatic rings. The Morgan fingerprint density at radius 2 is 1.95 bits per heavy atom. The molecule has 0 unspecified atom stereocenters. The molecule has 1 saturated heterocycles. The van der Waals surface area contributed by atoms with Crippen LogP contribution in [0.2, 0.25) is 5.02 Å². The lowest BCUT2D eigenvalue weighted by atomic mass is 10.1. The molecule has 3 heterocycles. The fourth-order valence-corrected chi connectivity index (χ4v) is 7.64. The average Bonchev–Trinajstić information content (AvgIpc) is 3.30. The van der Waals surface area contributed by atoms with Crippen LogP contribution < -0.4 is 10.6 Å². The molecule has 11 nitrogen and oxygen atoms in total. The molecule has 1 aromatic carbocycles. The predicted octanol–water partition coefficient (Wildman–Crippen LogP) is 1.76. The van der Waals surface area contributed by atoms with Crippen molar-refractivity contribution in [3.63, 3.8) is 0 Å². The number of benzene rings is 1. The number of aromatic nitrogens is 2. The van der Waals surface area contributed by atoms with Gasteiger partial charge in [-0.3, -0.25) is 9.59 Å². The SMILES string of the molecule is CC(C)([C@@H]1CNC(=O)O1)S(=O)(=O)C1(CN2CCn3c(cnc3C(=O)NCc3ccc(Cl)cc3)C2=O)CC1. The number of cyclic esters (lactones) is 1. The van der Waals surface area contributed by atoms with Gasteiger partial charge in [-0.05, 0) is 44.4 Å². The number of sulfone groups is 1. The summed E-state index contributed by atoms with van der Waals surface area (Å²) in [6.07, 6.45) is 0.760. The zero-order valence-electron chi connectivity index (χ0n) is 20.5. The summed E-state index contributed by atoms with van der Waals surface area (Å²) in [5.41, 5.74) is 1.11. The van der Waals surface area contributed by atoms with Gasteiger partial charge in [0.15, 0.2) is 15.7 Å². The number of carbonyl (C=O) groups is 3. The third kappa shape index (κ3) is 4.35. The van der Waals surface area contributed by atoms with E-state index in [0.717, 1.165) is 5.56 Å². The fourth-order valence-electron chi connectivity index (χ4n) is 4.96. The molecule has 0 bridgehead atoms. The van der Waals surface area contributed by atoms with E-state index in [-0.39, 0.29) is 43.6 Å². The van der Waals surface area contributed by atoms with Gasteiger partial charge in [-0.2, -0.15) is 0 Å². The minimum atomic E-state index is -3.78. The lowest BCUT2D eigenvalue weighted by Gasteiger charge is -2.37. The van der Waals surface area contributed by atoms with Gasteiger partial charge in [0.1, 0.15) is 16.5 Å². The van der Waals surface area contributed by atoms with Crippen LogP contribution in [0.4, 0.5) is 4.79 Å². The van der Waals surface area contributed by atoms with E-state index in [2.05, 4.69) is 15.6 Å². The summed E-state index contributed by atoms with van der Waals surface area (Å²) in [7, 11) is -3.78. The van der Waals surface area contributed by atoms with E-state index in [4.69, 9.17) is 16.3 Å². The van der Waals surface area contributed by atoms with Gasteiger partial charge in [-0.15, -0.1) is 0 Å². The van der Waals surface area contributed by atoms with Crippen LogP contribution in [0.15, 0.2) is 30.5 Å². The first kappa shape index (κ1) is 25.5. The molecular weight excluding hydrogens is 522 g/mol. The van der Waals surface area contributed by atoms with Gasteiger partial charge in [0, 0.05) is 31.2 Å². The third-order valence-electron chi connectivity index (χ3n) is 7.53. The van der Waals surface area contributed by atoms with Gasteiger partial charge in [0.05, 0.1) is 17.5 Å². The lowest BCUT2D eigenvalue weighted by Crippen LogP contribution is -2.55. The van der Waals surface area contributed by atoms with Crippen molar-refractivity contribution in [3.8, 4) is 0 Å². The number of nitrogens with one attached hydrogen (secondary N) is 2. The molecule has 13 heteroatoms. The molecule has 1 aliphatic carbocycles. The first-order valence-corrected chi connectivity index (χ1v) is 13.9. The van der Waals surface area contributed by atoms with E-state index < -0.39 is 37.4 Å². The van der Waals surface area contributed by atoms with Crippen molar-refractivity contribution in [1.29, 1.82) is 0 Å². The number of rotatable bonds is 8. The van der Waals surface area contributed by atoms with Gasteiger partial charge in [0.2, 0.25) is 0 Å². The van der Waals surface area contributed by atoms with Crippen molar-refractivity contribution < 1.29 is 27.5 Å². The topological polar surface area (TPSA) is 140 Å². The highest BCUT2D eigenvalue weighted by atomic mass is 35.5. The minimum absolute atomic E-state index is 0.0367. The van der Waals surface area contributed by atoms with Gasteiger partial charge in [0.25, 0.3) is 11.8 Å². The van der Waals surface area contributed by atoms with Gasteiger partial charge in [-0.1, -0.05) is 23.7 Å². The molecule has 2 aromatic rings. The van der Waals surface area contributed by atoms with Crippen LogP contribution in [0.25, 0.3) is 0 Å². The largest absolute Gasteiger partial charge is 0.443 e. The predicted molar refractivity (Wildman–Crippen MR) is 134 cm³/mol. The molecular formula is C24H28ClN5O6S. The maximum atomic E-state index is 13.7. The highest BCUT2D eigenvalue weighted by Gasteiger charge is 2.63. The van der Waals surface area contributed by atoms with Crippen molar-refractivity contribution in [1.82, 2.24) is 25.1 Å². The molecule has 2 fully saturated rings. The maximum Gasteiger partial charge on any atom is 0.407 e. The smallest absolute Gasteiger partial charge is 0.407 e. The standard InChI is InChI=1S/C24H28ClN5O6S/c1-23(2,18-13-28-22(33)36-18)37(34,35)24(7-8-24)14-29-9-10-30-17(21(29)32)12-26-19(30)20(31)27-11-15-3-5-16(25)6-4-15/h3-6,12,18H,7-11,13-14H2,1-2H3,(H,27,31)(H,28,33)/t18-/m0/s1. The van der Waals surface area contributed by atoms with Crippen LogP contribution in [0.1, 0.15) is 53.4 Å². The quantitative estimate of drug-likeness (QED) is 0.511. The Morgan fingerprint density at radius 3 is 2.57 bits per heavy atom. The number of nitrogens with zero attached hydrogens (tertiary/aromatic N) is 3. The number of hydrogen-bond donors (Lipinski definition) is 2. The second kappa shape index (κ2) is 9.02. The van der Waals surface area contributed by atoms with E-state index >= 15 is 0 Å². The van der Waals surface area contributed by atoms with Gasteiger partial charge in [-0.25, -0.2) is 18.2 Å². The minimum Gasteiger partial charge on any atom is -0.443 e. The number of hydrogen-bond acceptors (Lipinski definition) is 7. The summed E-state index contributed by atoms with van der Waals surface area (Å²) in [5.74, 6) is -0.656. The molecule has 1 aromatic heterocycles. The number of halogens is 1. The Kier molecular flexibility index (Phi) is 6.22. The Bertz CT molecular complexity index is 1370. The molecule has 1 atom stereocenters. The molecule has 5 rings (SSSR count).